The molecule has 5 nitrogen and oxygen atoms in total. The van der Waals surface area contributed by atoms with E-state index in [0.29, 0.717) is 18.3 Å². The average Bonchev–Trinajstić information content (AvgIpc) is 2.98. The van der Waals surface area contributed by atoms with Crippen LogP contribution in [0, 0.1) is 0 Å². The molecule has 0 amide bonds. The second-order valence-corrected chi connectivity index (χ2v) is 5.25. The van der Waals surface area contributed by atoms with E-state index in [9.17, 15) is 9.59 Å². The Labute approximate surface area is 151 Å². The van der Waals surface area contributed by atoms with Crippen LogP contribution in [0.1, 0.15) is 15.9 Å². The molecule has 0 aliphatic heterocycles. The monoisotopic (exact) mass is 372 g/mol. The van der Waals surface area contributed by atoms with Gasteiger partial charge in [-0.25, -0.2) is 4.79 Å². The predicted octanol–water partition coefficient (Wildman–Crippen LogP) is 2.45. The number of H-pyrrole nitrogens is 1. The number of rotatable bonds is 5. The standard InChI is InChI=1S/C18H16N2O3.Zn/c19-15(9-13-10-20-16-7-3-2-6-14(13)16)18(22)23-17-8-4-1-5-12(17)11-21;/h1-8,10-11,15,20H,9,19H2;/t15-;/m0./s1. The number of para-hydroxylation sites is 2. The van der Waals surface area contributed by atoms with Crippen molar-refractivity contribution in [3.05, 3.63) is 65.9 Å². The van der Waals surface area contributed by atoms with Gasteiger partial charge in [-0.3, -0.25) is 4.79 Å². The molecule has 0 saturated carbocycles. The molecule has 3 N–H and O–H groups in total. The fourth-order valence-corrected chi connectivity index (χ4v) is 2.48. The van der Waals surface area contributed by atoms with Gasteiger partial charge in [0.2, 0.25) is 0 Å². The molecule has 2 aromatic carbocycles. The minimum atomic E-state index is -0.811. The number of benzene rings is 2. The van der Waals surface area contributed by atoms with Gasteiger partial charge >= 0.3 is 5.97 Å². The van der Waals surface area contributed by atoms with Crippen molar-refractivity contribution in [3.63, 3.8) is 0 Å². The van der Waals surface area contributed by atoms with Gasteiger partial charge in [-0.05, 0) is 23.8 Å². The molecule has 3 rings (SSSR count). The van der Waals surface area contributed by atoms with Gasteiger partial charge in [-0.15, -0.1) is 0 Å². The number of aromatic amines is 1. The minimum Gasteiger partial charge on any atom is -0.425 e. The maximum Gasteiger partial charge on any atom is 0.328 e. The van der Waals surface area contributed by atoms with E-state index in [-0.39, 0.29) is 25.2 Å². The number of nitrogens with one attached hydrogen (secondary N) is 1. The van der Waals surface area contributed by atoms with Crippen molar-refractivity contribution in [1.29, 1.82) is 0 Å². The van der Waals surface area contributed by atoms with Crippen LogP contribution in [0.2, 0.25) is 0 Å². The summed E-state index contributed by atoms with van der Waals surface area (Å²) in [6.45, 7) is 0. The van der Waals surface area contributed by atoms with Crippen molar-refractivity contribution < 1.29 is 33.8 Å². The van der Waals surface area contributed by atoms with E-state index in [1.807, 2.05) is 30.5 Å². The van der Waals surface area contributed by atoms with Crippen LogP contribution in [0.3, 0.4) is 0 Å². The number of nitrogens with two attached hydrogens (primary N) is 1. The van der Waals surface area contributed by atoms with Gasteiger partial charge in [0.05, 0.1) is 5.56 Å². The van der Waals surface area contributed by atoms with Crippen LogP contribution in [0.15, 0.2) is 54.7 Å². The third-order valence-corrected chi connectivity index (χ3v) is 3.67. The van der Waals surface area contributed by atoms with E-state index >= 15 is 0 Å². The SMILES string of the molecule is N[C@@H](Cc1c[nH]c2ccccc12)C(=O)Oc1ccccc1C=O.[Zn]. The number of carbonyl (C=O) groups is 2. The molecule has 6 heteroatoms. The predicted molar refractivity (Wildman–Crippen MR) is 87.4 cm³/mol. The molecular weight excluding hydrogens is 358 g/mol. The first-order valence-electron chi connectivity index (χ1n) is 7.25. The fraction of sp³-hybridized carbons (Fsp3) is 0.111. The maximum atomic E-state index is 12.2. The van der Waals surface area contributed by atoms with Crippen LogP contribution >= 0.6 is 0 Å². The fourth-order valence-electron chi connectivity index (χ4n) is 2.48. The zero-order valence-corrected chi connectivity index (χ0v) is 16.0. The van der Waals surface area contributed by atoms with Gasteiger partial charge in [0.1, 0.15) is 11.8 Å². The molecular formula is C18H16N2O3Zn. The van der Waals surface area contributed by atoms with Crippen LogP contribution < -0.4 is 10.5 Å². The number of hydrogen-bond donors (Lipinski definition) is 2. The first kappa shape index (κ1) is 18.0. The van der Waals surface area contributed by atoms with E-state index < -0.39 is 12.0 Å². The molecule has 118 valence electrons. The second kappa shape index (κ2) is 8.00. The van der Waals surface area contributed by atoms with Crippen LogP contribution in [0.5, 0.6) is 5.75 Å². The third-order valence-electron chi connectivity index (χ3n) is 3.67. The molecule has 1 heterocycles. The summed E-state index contributed by atoms with van der Waals surface area (Å²) in [5, 5.41) is 1.03. The molecule has 0 unspecified atom stereocenters. The van der Waals surface area contributed by atoms with Gasteiger partial charge in [0.25, 0.3) is 0 Å². The Bertz CT molecular complexity index is 860. The Kier molecular flexibility index (Phi) is 6.01. The van der Waals surface area contributed by atoms with Gasteiger partial charge < -0.3 is 15.5 Å². The topological polar surface area (TPSA) is 85.2 Å². The van der Waals surface area contributed by atoms with Crippen molar-refractivity contribution in [2.24, 2.45) is 5.73 Å². The van der Waals surface area contributed by atoms with Gasteiger partial charge in [0, 0.05) is 43.0 Å². The summed E-state index contributed by atoms with van der Waals surface area (Å²) < 4.78 is 5.25. The number of carbonyl (C=O) groups excluding carboxylic acids is 2. The van der Waals surface area contributed by atoms with Crippen LogP contribution in [-0.2, 0) is 30.7 Å². The van der Waals surface area contributed by atoms with Gasteiger partial charge in [-0.1, -0.05) is 30.3 Å². The average molecular weight is 374 g/mol. The second-order valence-electron chi connectivity index (χ2n) is 5.25. The molecule has 0 bridgehead atoms. The van der Waals surface area contributed by atoms with Crippen molar-refractivity contribution in [2.75, 3.05) is 0 Å². The van der Waals surface area contributed by atoms with Gasteiger partial charge in [0.15, 0.2) is 6.29 Å². The molecule has 0 spiro atoms. The summed E-state index contributed by atoms with van der Waals surface area (Å²) in [5.74, 6) is -0.341. The first-order chi connectivity index (χ1) is 11.2. The zero-order valence-electron chi connectivity index (χ0n) is 13.1. The Hall–Kier alpha value is -2.30. The zero-order chi connectivity index (χ0) is 16.2. The number of aromatic nitrogens is 1. The van der Waals surface area contributed by atoms with Crippen LogP contribution in [0.25, 0.3) is 10.9 Å². The summed E-state index contributed by atoms with van der Waals surface area (Å²) in [7, 11) is 0. The van der Waals surface area contributed by atoms with Crippen LogP contribution in [-0.4, -0.2) is 23.3 Å². The summed E-state index contributed by atoms with van der Waals surface area (Å²) in [6, 6.07) is 13.5. The normalized spacial score (nSPS) is 11.5. The molecule has 0 aliphatic carbocycles. The van der Waals surface area contributed by atoms with Crippen molar-refractivity contribution in [3.8, 4) is 5.75 Å². The van der Waals surface area contributed by atoms with Crippen molar-refractivity contribution >= 4 is 23.2 Å². The van der Waals surface area contributed by atoms with E-state index in [1.54, 1.807) is 24.3 Å². The maximum absolute atomic E-state index is 12.2. The summed E-state index contributed by atoms with van der Waals surface area (Å²) in [4.78, 5) is 26.3. The summed E-state index contributed by atoms with van der Waals surface area (Å²) in [6.07, 6.45) is 2.84. The first-order valence-corrected chi connectivity index (χ1v) is 7.25. The largest absolute Gasteiger partial charge is 0.425 e. The van der Waals surface area contributed by atoms with Crippen LogP contribution in [0.4, 0.5) is 0 Å². The Balaban J connectivity index is 0.00000208. The number of esters is 1. The molecule has 3 aromatic rings. The van der Waals surface area contributed by atoms with E-state index in [0.717, 1.165) is 16.5 Å². The number of ether oxygens (including phenoxy) is 1. The smallest absolute Gasteiger partial charge is 0.328 e. The number of fused-ring (bicyclic) bond motifs is 1. The minimum absolute atomic E-state index is 0. The Morgan fingerprint density at radius 2 is 1.88 bits per heavy atom. The molecule has 0 aliphatic rings. The third kappa shape index (κ3) is 3.78. The molecule has 24 heavy (non-hydrogen) atoms. The molecule has 1 aromatic heterocycles. The molecule has 0 fully saturated rings. The van der Waals surface area contributed by atoms with E-state index in [2.05, 4.69) is 4.98 Å². The number of hydrogen-bond acceptors (Lipinski definition) is 4. The molecule has 1 atom stereocenters. The Morgan fingerprint density at radius 1 is 1.17 bits per heavy atom. The summed E-state index contributed by atoms with van der Waals surface area (Å²) in [5.41, 5.74) is 8.23. The van der Waals surface area contributed by atoms with Crippen molar-refractivity contribution in [2.45, 2.75) is 12.5 Å². The number of aldehydes is 1. The van der Waals surface area contributed by atoms with E-state index in [1.165, 1.54) is 0 Å². The van der Waals surface area contributed by atoms with Crippen molar-refractivity contribution in [1.82, 2.24) is 4.98 Å². The van der Waals surface area contributed by atoms with Gasteiger partial charge in [-0.2, -0.15) is 0 Å². The molecule has 0 radical (unpaired) electrons. The Morgan fingerprint density at radius 3 is 2.67 bits per heavy atom. The quantitative estimate of drug-likeness (QED) is 0.311. The van der Waals surface area contributed by atoms with E-state index in [4.69, 9.17) is 10.5 Å². The molecule has 0 saturated heterocycles. The summed E-state index contributed by atoms with van der Waals surface area (Å²) >= 11 is 0.